The molecule has 0 radical (unpaired) electrons. The summed E-state index contributed by atoms with van der Waals surface area (Å²) in [6.07, 6.45) is 0.936. The largest absolute Gasteiger partial charge is 0.378 e. The number of hydrogen-bond donors (Lipinski definition) is 0. The van der Waals surface area contributed by atoms with Crippen molar-refractivity contribution in [2.45, 2.75) is 6.04 Å². The van der Waals surface area contributed by atoms with E-state index in [1.54, 1.807) is 0 Å². The molecule has 0 aromatic heterocycles. The first-order valence-corrected chi connectivity index (χ1v) is 4.41. The van der Waals surface area contributed by atoms with Crippen molar-refractivity contribution in [3.63, 3.8) is 0 Å². The maximum Gasteiger partial charge on any atom is 0.209 e. The molecular weight excluding hydrogens is 156 g/mol. The average molecular weight is 170 g/mol. The lowest BCUT2D eigenvalue weighted by molar-refractivity contribution is -0.123. The van der Waals surface area contributed by atoms with Gasteiger partial charge in [0, 0.05) is 26.2 Å². The summed E-state index contributed by atoms with van der Waals surface area (Å²) >= 11 is 0. The zero-order chi connectivity index (χ0) is 8.39. The Morgan fingerprint density at radius 1 is 1.33 bits per heavy atom. The Morgan fingerprint density at radius 2 is 2.25 bits per heavy atom. The monoisotopic (exact) mass is 170 g/mol. The molecule has 0 N–H and O–H groups in total. The third-order valence-electron chi connectivity index (χ3n) is 2.62. The molecule has 12 heavy (non-hydrogen) atoms. The Morgan fingerprint density at radius 3 is 3.08 bits per heavy atom. The van der Waals surface area contributed by atoms with E-state index in [0.29, 0.717) is 6.04 Å². The van der Waals surface area contributed by atoms with Gasteiger partial charge >= 0.3 is 0 Å². The SMILES string of the molecule is O=CN1CCN2CCOCC2C1. The quantitative estimate of drug-likeness (QED) is 0.481. The van der Waals surface area contributed by atoms with Crippen LogP contribution in [0, 0.1) is 0 Å². The van der Waals surface area contributed by atoms with E-state index in [4.69, 9.17) is 4.74 Å². The van der Waals surface area contributed by atoms with Crippen molar-refractivity contribution >= 4 is 6.41 Å². The van der Waals surface area contributed by atoms with Crippen LogP contribution in [0.5, 0.6) is 0 Å². The van der Waals surface area contributed by atoms with Crippen molar-refractivity contribution in [3.05, 3.63) is 0 Å². The van der Waals surface area contributed by atoms with E-state index in [2.05, 4.69) is 4.90 Å². The Labute approximate surface area is 72.1 Å². The van der Waals surface area contributed by atoms with Crippen molar-refractivity contribution in [1.29, 1.82) is 0 Å². The first kappa shape index (κ1) is 8.01. The number of morpholine rings is 1. The molecule has 0 bridgehead atoms. The van der Waals surface area contributed by atoms with Crippen molar-refractivity contribution in [1.82, 2.24) is 9.80 Å². The predicted molar refractivity (Wildman–Crippen MR) is 43.8 cm³/mol. The van der Waals surface area contributed by atoms with Crippen LogP contribution in [0.3, 0.4) is 0 Å². The number of carbonyl (C=O) groups excluding carboxylic acids is 1. The lowest BCUT2D eigenvalue weighted by Crippen LogP contribution is -2.57. The first-order valence-electron chi connectivity index (χ1n) is 4.41. The topological polar surface area (TPSA) is 32.8 Å². The molecule has 1 amide bonds. The second-order valence-corrected chi connectivity index (χ2v) is 3.37. The highest BCUT2D eigenvalue weighted by Crippen LogP contribution is 2.11. The second kappa shape index (κ2) is 3.41. The molecule has 2 heterocycles. The van der Waals surface area contributed by atoms with Crippen molar-refractivity contribution < 1.29 is 9.53 Å². The molecule has 0 spiro atoms. The average Bonchev–Trinajstić information content (AvgIpc) is 2.17. The van der Waals surface area contributed by atoms with Gasteiger partial charge in [-0.25, -0.2) is 0 Å². The van der Waals surface area contributed by atoms with Crippen LogP contribution in [-0.2, 0) is 9.53 Å². The summed E-state index contributed by atoms with van der Waals surface area (Å²) in [5.41, 5.74) is 0. The van der Waals surface area contributed by atoms with E-state index in [1.807, 2.05) is 4.90 Å². The van der Waals surface area contributed by atoms with Crippen LogP contribution in [0.4, 0.5) is 0 Å². The summed E-state index contributed by atoms with van der Waals surface area (Å²) in [6, 6.07) is 0.442. The normalized spacial score (nSPS) is 31.3. The van der Waals surface area contributed by atoms with E-state index in [0.717, 1.165) is 45.8 Å². The Kier molecular flexibility index (Phi) is 2.28. The number of nitrogens with zero attached hydrogens (tertiary/aromatic N) is 2. The minimum absolute atomic E-state index is 0.442. The summed E-state index contributed by atoms with van der Waals surface area (Å²) in [6.45, 7) is 5.37. The number of carbonyl (C=O) groups is 1. The minimum Gasteiger partial charge on any atom is -0.378 e. The highest BCUT2D eigenvalue weighted by molar-refractivity contribution is 5.47. The van der Waals surface area contributed by atoms with E-state index < -0.39 is 0 Å². The van der Waals surface area contributed by atoms with Gasteiger partial charge < -0.3 is 9.64 Å². The lowest BCUT2D eigenvalue weighted by Gasteiger charge is -2.42. The van der Waals surface area contributed by atoms with Crippen LogP contribution in [0.1, 0.15) is 0 Å². The summed E-state index contributed by atoms with van der Waals surface area (Å²) in [4.78, 5) is 14.7. The molecule has 2 rings (SSSR count). The zero-order valence-corrected chi connectivity index (χ0v) is 7.11. The highest BCUT2D eigenvalue weighted by atomic mass is 16.5. The van der Waals surface area contributed by atoms with Gasteiger partial charge in [-0.3, -0.25) is 9.69 Å². The lowest BCUT2D eigenvalue weighted by atomic mass is 10.1. The molecule has 4 heteroatoms. The van der Waals surface area contributed by atoms with E-state index in [1.165, 1.54) is 0 Å². The Hall–Kier alpha value is -0.610. The highest BCUT2D eigenvalue weighted by Gasteiger charge is 2.28. The van der Waals surface area contributed by atoms with Gasteiger partial charge in [0.15, 0.2) is 0 Å². The summed E-state index contributed by atoms with van der Waals surface area (Å²) < 4.78 is 5.35. The molecule has 2 aliphatic rings. The molecule has 0 aromatic rings. The number of amides is 1. The fourth-order valence-corrected chi connectivity index (χ4v) is 1.87. The molecule has 0 aromatic carbocycles. The van der Waals surface area contributed by atoms with Gasteiger partial charge in [-0.15, -0.1) is 0 Å². The van der Waals surface area contributed by atoms with Gasteiger partial charge in [0.1, 0.15) is 0 Å². The number of fused-ring (bicyclic) bond motifs is 1. The molecule has 4 nitrogen and oxygen atoms in total. The molecule has 2 aliphatic heterocycles. The maximum atomic E-state index is 10.5. The standard InChI is InChI=1S/C8H14N2O2/c11-7-9-1-2-10-3-4-12-6-8(10)5-9/h7-8H,1-6H2. The summed E-state index contributed by atoms with van der Waals surface area (Å²) in [5.74, 6) is 0. The first-order chi connectivity index (χ1) is 5.90. The van der Waals surface area contributed by atoms with Gasteiger partial charge in [0.2, 0.25) is 6.41 Å². The van der Waals surface area contributed by atoms with Crippen LogP contribution in [0.25, 0.3) is 0 Å². The summed E-state index contributed by atoms with van der Waals surface area (Å²) in [5, 5.41) is 0. The van der Waals surface area contributed by atoms with Crippen LogP contribution >= 0.6 is 0 Å². The summed E-state index contributed by atoms with van der Waals surface area (Å²) in [7, 11) is 0. The third kappa shape index (κ3) is 1.44. The maximum absolute atomic E-state index is 10.5. The van der Waals surface area contributed by atoms with Crippen molar-refractivity contribution in [2.24, 2.45) is 0 Å². The van der Waals surface area contributed by atoms with Crippen LogP contribution in [0.2, 0.25) is 0 Å². The van der Waals surface area contributed by atoms with E-state index >= 15 is 0 Å². The van der Waals surface area contributed by atoms with Crippen LogP contribution < -0.4 is 0 Å². The molecule has 1 unspecified atom stereocenters. The molecule has 1 atom stereocenters. The third-order valence-corrected chi connectivity index (χ3v) is 2.62. The molecule has 2 fully saturated rings. The van der Waals surface area contributed by atoms with Crippen LogP contribution in [-0.4, -0.2) is 61.6 Å². The van der Waals surface area contributed by atoms with Gasteiger partial charge in [-0.2, -0.15) is 0 Å². The molecule has 0 saturated carbocycles. The fraction of sp³-hybridized carbons (Fsp3) is 0.875. The number of piperazine rings is 1. The predicted octanol–water partition coefficient (Wildman–Crippen LogP) is -0.841. The fourth-order valence-electron chi connectivity index (χ4n) is 1.87. The van der Waals surface area contributed by atoms with Crippen molar-refractivity contribution in [3.8, 4) is 0 Å². The number of hydrogen-bond acceptors (Lipinski definition) is 3. The molecule has 0 aliphatic carbocycles. The van der Waals surface area contributed by atoms with Gasteiger partial charge in [0.25, 0.3) is 0 Å². The van der Waals surface area contributed by atoms with E-state index in [-0.39, 0.29) is 0 Å². The molecular formula is C8H14N2O2. The smallest absolute Gasteiger partial charge is 0.209 e. The molecule has 2 saturated heterocycles. The Bertz CT molecular complexity index is 174. The minimum atomic E-state index is 0.442. The van der Waals surface area contributed by atoms with Crippen LogP contribution in [0.15, 0.2) is 0 Å². The van der Waals surface area contributed by atoms with Gasteiger partial charge in [-0.1, -0.05) is 0 Å². The van der Waals surface area contributed by atoms with Gasteiger partial charge in [-0.05, 0) is 0 Å². The number of ether oxygens (including phenoxy) is 1. The van der Waals surface area contributed by atoms with Gasteiger partial charge in [0.05, 0.1) is 19.3 Å². The number of rotatable bonds is 1. The van der Waals surface area contributed by atoms with E-state index in [9.17, 15) is 4.79 Å². The molecule has 68 valence electrons. The van der Waals surface area contributed by atoms with Crippen molar-refractivity contribution in [2.75, 3.05) is 39.4 Å². The Balaban J connectivity index is 1.93. The zero-order valence-electron chi connectivity index (χ0n) is 7.11. The second-order valence-electron chi connectivity index (χ2n) is 3.37.